The molecule has 3 nitrogen and oxygen atoms in total. The van der Waals surface area contributed by atoms with Crippen LogP contribution in [0.5, 0.6) is 0 Å². The summed E-state index contributed by atoms with van der Waals surface area (Å²) in [6, 6.07) is 8.31. The topological polar surface area (TPSA) is 28.3 Å². The second-order valence-corrected chi connectivity index (χ2v) is 3.76. The first-order valence-corrected chi connectivity index (χ1v) is 5.01. The van der Waals surface area contributed by atoms with Crippen LogP contribution in [0.1, 0.15) is 5.69 Å². The molecule has 3 heteroatoms. The number of aryl methyl sites for hydroxylation is 1. The average molecular weight is 204 g/mol. The number of para-hydroxylation sites is 1. The zero-order valence-electron chi connectivity index (χ0n) is 9.37. The molecule has 1 aromatic carbocycles. The minimum Gasteiger partial charge on any atom is -0.364 e. The molecule has 2 rings (SSSR count). The Hall–Kier alpha value is -1.48. The number of nitrogens with zero attached hydrogens (tertiary/aromatic N) is 1. The summed E-state index contributed by atoms with van der Waals surface area (Å²) in [4.78, 5) is 5.47. The molecule has 0 aliphatic rings. The lowest BCUT2D eigenvalue weighted by Gasteiger charge is -2.18. The normalized spacial score (nSPS) is 10.9. The smallest absolute Gasteiger partial charge is 0.118 e. The number of fused-ring (bicyclic) bond motifs is 1. The SMILES string of the molecule is COCN(C)c1c(C)[nH]c2ccccc12. The van der Waals surface area contributed by atoms with Gasteiger partial charge in [-0.15, -0.1) is 0 Å². The Morgan fingerprint density at radius 2 is 2.07 bits per heavy atom. The van der Waals surface area contributed by atoms with Crippen molar-refractivity contribution in [2.24, 2.45) is 0 Å². The highest BCUT2D eigenvalue weighted by Crippen LogP contribution is 2.29. The Morgan fingerprint density at radius 1 is 1.33 bits per heavy atom. The maximum Gasteiger partial charge on any atom is 0.118 e. The summed E-state index contributed by atoms with van der Waals surface area (Å²) in [6.45, 7) is 2.68. The van der Waals surface area contributed by atoms with Gasteiger partial charge in [0.25, 0.3) is 0 Å². The van der Waals surface area contributed by atoms with Crippen LogP contribution in [0.4, 0.5) is 5.69 Å². The molecule has 15 heavy (non-hydrogen) atoms. The van der Waals surface area contributed by atoms with Crippen LogP contribution in [0, 0.1) is 6.92 Å². The minimum absolute atomic E-state index is 0.600. The number of hydrogen-bond acceptors (Lipinski definition) is 2. The zero-order chi connectivity index (χ0) is 10.8. The number of hydrogen-bond donors (Lipinski definition) is 1. The molecule has 1 N–H and O–H groups in total. The average Bonchev–Trinajstić information content (AvgIpc) is 2.54. The summed E-state index contributed by atoms with van der Waals surface area (Å²) in [5.41, 5.74) is 3.57. The third-order valence-corrected chi connectivity index (χ3v) is 2.56. The lowest BCUT2D eigenvalue weighted by molar-refractivity contribution is 0.202. The quantitative estimate of drug-likeness (QED) is 0.778. The fourth-order valence-electron chi connectivity index (χ4n) is 2.01. The molecule has 0 bridgehead atoms. The Labute approximate surface area is 89.7 Å². The van der Waals surface area contributed by atoms with Gasteiger partial charge in [0, 0.05) is 30.8 Å². The highest BCUT2D eigenvalue weighted by Gasteiger charge is 2.11. The van der Waals surface area contributed by atoms with Crippen LogP contribution < -0.4 is 4.90 Å². The summed E-state index contributed by atoms with van der Waals surface area (Å²) < 4.78 is 5.14. The molecule has 0 unspecified atom stereocenters. The van der Waals surface area contributed by atoms with Gasteiger partial charge in [0.2, 0.25) is 0 Å². The number of anilines is 1. The van der Waals surface area contributed by atoms with Crippen LogP contribution in [-0.2, 0) is 4.74 Å². The van der Waals surface area contributed by atoms with E-state index in [0.717, 1.165) is 0 Å². The molecule has 0 spiro atoms. The first-order chi connectivity index (χ1) is 7.24. The first kappa shape index (κ1) is 10.1. The number of ether oxygens (including phenoxy) is 1. The van der Waals surface area contributed by atoms with Gasteiger partial charge in [-0.25, -0.2) is 0 Å². The van der Waals surface area contributed by atoms with Crippen LogP contribution in [0.25, 0.3) is 10.9 Å². The highest BCUT2D eigenvalue weighted by atomic mass is 16.5. The summed E-state index contributed by atoms with van der Waals surface area (Å²) >= 11 is 0. The van der Waals surface area contributed by atoms with Crippen LogP contribution in [0.15, 0.2) is 24.3 Å². The number of benzene rings is 1. The van der Waals surface area contributed by atoms with Gasteiger partial charge in [-0.1, -0.05) is 18.2 Å². The molecule has 0 radical (unpaired) electrons. The van der Waals surface area contributed by atoms with Crippen LogP contribution in [-0.4, -0.2) is 25.9 Å². The van der Waals surface area contributed by atoms with Gasteiger partial charge < -0.3 is 14.6 Å². The molecule has 0 atom stereocenters. The number of H-pyrrole nitrogens is 1. The van der Waals surface area contributed by atoms with Gasteiger partial charge in [-0.05, 0) is 13.0 Å². The van der Waals surface area contributed by atoms with Gasteiger partial charge in [0.15, 0.2) is 0 Å². The molecule has 0 aliphatic heterocycles. The summed E-state index contributed by atoms with van der Waals surface area (Å²) in [5.74, 6) is 0. The van der Waals surface area contributed by atoms with E-state index in [0.29, 0.717) is 6.73 Å². The van der Waals surface area contributed by atoms with Crippen molar-refractivity contribution in [3.05, 3.63) is 30.0 Å². The fraction of sp³-hybridized carbons (Fsp3) is 0.333. The third-order valence-electron chi connectivity index (χ3n) is 2.56. The van der Waals surface area contributed by atoms with Gasteiger partial charge in [-0.2, -0.15) is 0 Å². The van der Waals surface area contributed by atoms with Crippen molar-refractivity contribution in [2.75, 3.05) is 25.8 Å². The molecule has 2 aromatic rings. The Bertz CT molecular complexity index is 462. The van der Waals surface area contributed by atoms with E-state index in [1.807, 2.05) is 13.1 Å². The second kappa shape index (κ2) is 3.95. The van der Waals surface area contributed by atoms with E-state index < -0.39 is 0 Å². The first-order valence-electron chi connectivity index (χ1n) is 5.01. The van der Waals surface area contributed by atoms with Crippen LogP contribution in [0.2, 0.25) is 0 Å². The standard InChI is InChI=1S/C12H16N2O/c1-9-12(14(2)8-15-3)10-6-4-5-7-11(10)13-9/h4-7,13H,8H2,1-3H3. The van der Waals surface area contributed by atoms with E-state index in [1.165, 1.54) is 22.3 Å². The van der Waals surface area contributed by atoms with E-state index in [9.17, 15) is 0 Å². The maximum atomic E-state index is 5.14. The van der Waals surface area contributed by atoms with Crippen molar-refractivity contribution in [3.63, 3.8) is 0 Å². The number of rotatable bonds is 3. The molecule has 80 valence electrons. The molecule has 1 aromatic heterocycles. The van der Waals surface area contributed by atoms with E-state index in [2.05, 4.69) is 35.0 Å². The van der Waals surface area contributed by atoms with Crippen molar-refractivity contribution in [1.29, 1.82) is 0 Å². The van der Waals surface area contributed by atoms with Crippen molar-refractivity contribution >= 4 is 16.6 Å². The monoisotopic (exact) mass is 204 g/mol. The van der Waals surface area contributed by atoms with Crippen LogP contribution in [0.3, 0.4) is 0 Å². The molecule has 0 saturated carbocycles. The lowest BCUT2D eigenvalue weighted by atomic mass is 10.2. The van der Waals surface area contributed by atoms with Gasteiger partial charge in [0.05, 0.1) is 5.69 Å². The molecule has 0 amide bonds. The molecule has 1 heterocycles. The van der Waals surface area contributed by atoms with E-state index in [1.54, 1.807) is 7.11 Å². The van der Waals surface area contributed by atoms with Crippen molar-refractivity contribution in [2.45, 2.75) is 6.92 Å². The summed E-state index contributed by atoms with van der Waals surface area (Å²) in [7, 11) is 3.74. The number of nitrogens with one attached hydrogen (secondary N) is 1. The number of methoxy groups -OCH3 is 1. The van der Waals surface area contributed by atoms with E-state index in [4.69, 9.17) is 4.74 Å². The third kappa shape index (κ3) is 1.70. The second-order valence-electron chi connectivity index (χ2n) is 3.76. The molecular formula is C12H16N2O. The summed E-state index contributed by atoms with van der Waals surface area (Å²) in [6.07, 6.45) is 0. The zero-order valence-corrected chi connectivity index (χ0v) is 9.37. The van der Waals surface area contributed by atoms with E-state index in [-0.39, 0.29) is 0 Å². The lowest BCUT2D eigenvalue weighted by Crippen LogP contribution is -2.20. The molecule has 0 fully saturated rings. The Kier molecular flexibility index (Phi) is 2.64. The highest BCUT2D eigenvalue weighted by molar-refractivity contribution is 5.94. The Balaban J connectivity index is 2.53. The number of aromatic nitrogens is 1. The predicted octanol–water partition coefficient (Wildman–Crippen LogP) is 2.52. The molecule has 0 saturated heterocycles. The number of aromatic amines is 1. The molecular weight excluding hydrogens is 188 g/mol. The van der Waals surface area contributed by atoms with Crippen molar-refractivity contribution < 1.29 is 4.74 Å². The van der Waals surface area contributed by atoms with E-state index >= 15 is 0 Å². The van der Waals surface area contributed by atoms with Crippen molar-refractivity contribution in [3.8, 4) is 0 Å². The fourth-order valence-corrected chi connectivity index (χ4v) is 2.01. The largest absolute Gasteiger partial charge is 0.364 e. The Morgan fingerprint density at radius 3 is 2.80 bits per heavy atom. The predicted molar refractivity (Wildman–Crippen MR) is 63.3 cm³/mol. The minimum atomic E-state index is 0.600. The van der Waals surface area contributed by atoms with Gasteiger partial charge in [0.1, 0.15) is 6.73 Å². The van der Waals surface area contributed by atoms with Crippen molar-refractivity contribution in [1.82, 2.24) is 4.98 Å². The van der Waals surface area contributed by atoms with Crippen LogP contribution >= 0.6 is 0 Å². The van der Waals surface area contributed by atoms with Gasteiger partial charge in [-0.3, -0.25) is 0 Å². The van der Waals surface area contributed by atoms with Gasteiger partial charge >= 0.3 is 0 Å². The maximum absolute atomic E-state index is 5.14. The summed E-state index contributed by atoms with van der Waals surface area (Å²) in [5, 5.41) is 1.24. The molecule has 0 aliphatic carbocycles.